The fraction of sp³-hybridized carbons (Fsp3) is 0.429. The van der Waals surface area contributed by atoms with Crippen molar-refractivity contribution in [3.05, 3.63) is 28.2 Å². The SMILES string of the molecule is CC1C(=O)N(C(=O)OC(C)(C)C)c2ccc(Br)cc21. The van der Waals surface area contributed by atoms with Crippen LogP contribution in [0.4, 0.5) is 10.5 Å². The molecule has 0 spiro atoms. The quantitative estimate of drug-likeness (QED) is 0.728. The number of amides is 2. The highest BCUT2D eigenvalue weighted by atomic mass is 79.9. The number of imide groups is 1. The van der Waals surface area contributed by atoms with Gasteiger partial charge in [0.15, 0.2) is 0 Å². The van der Waals surface area contributed by atoms with Crippen molar-refractivity contribution >= 4 is 33.6 Å². The molecule has 1 aromatic rings. The highest BCUT2D eigenvalue weighted by molar-refractivity contribution is 9.10. The number of hydrogen-bond donors (Lipinski definition) is 0. The van der Waals surface area contributed by atoms with Crippen LogP contribution in [0.5, 0.6) is 0 Å². The minimum absolute atomic E-state index is 0.248. The van der Waals surface area contributed by atoms with Gasteiger partial charge in [-0.05, 0) is 51.5 Å². The van der Waals surface area contributed by atoms with Gasteiger partial charge in [0.1, 0.15) is 5.60 Å². The molecular formula is C14H16BrNO3. The molecule has 5 heteroatoms. The number of anilines is 1. The lowest BCUT2D eigenvalue weighted by atomic mass is 10.0. The topological polar surface area (TPSA) is 46.6 Å². The fourth-order valence-electron chi connectivity index (χ4n) is 2.02. The molecule has 0 fully saturated rings. The second-order valence-corrected chi connectivity index (χ2v) is 6.49. The minimum Gasteiger partial charge on any atom is -0.443 e. The molecule has 1 heterocycles. The van der Waals surface area contributed by atoms with E-state index in [1.807, 2.05) is 12.1 Å². The van der Waals surface area contributed by atoms with Crippen LogP contribution in [0, 0.1) is 0 Å². The average molecular weight is 326 g/mol. The summed E-state index contributed by atoms with van der Waals surface area (Å²) in [5.74, 6) is -0.581. The minimum atomic E-state index is -0.626. The van der Waals surface area contributed by atoms with Crippen molar-refractivity contribution in [3.63, 3.8) is 0 Å². The number of nitrogens with zero attached hydrogens (tertiary/aromatic N) is 1. The molecule has 0 radical (unpaired) electrons. The van der Waals surface area contributed by atoms with Crippen LogP contribution in [0.25, 0.3) is 0 Å². The highest BCUT2D eigenvalue weighted by Crippen LogP contribution is 2.39. The third-order valence-corrected chi connectivity index (χ3v) is 3.36. The van der Waals surface area contributed by atoms with Gasteiger partial charge in [0.25, 0.3) is 0 Å². The standard InChI is InChI=1S/C14H16BrNO3/c1-8-10-7-9(15)5-6-11(10)16(12(8)17)13(18)19-14(2,3)4/h5-8H,1-4H3. The van der Waals surface area contributed by atoms with Crippen molar-refractivity contribution in [3.8, 4) is 0 Å². The van der Waals surface area contributed by atoms with Gasteiger partial charge in [-0.25, -0.2) is 9.69 Å². The smallest absolute Gasteiger partial charge is 0.421 e. The lowest BCUT2D eigenvalue weighted by Gasteiger charge is -2.23. The van der Waals surface area contributed by atoms with Crippen molar-refractivity contribution in [2.24, 2.45) is 0 Å². The summed E-state index contributed by atoms with van der Waals surface area (Å²) < 4.78 is 6.17. The van der Waals surface area contributed by atoms with Crippen LogP contribution < -0.4 is 4.90 Å². The molecule has 1 aliphatic rings. The first-order valence-electron chi connectivity index (χ1n) is 6.07. The molecule has 0 aliphatic carbocycles. The summed E-state index contributed by atoms with van der Waals surface area (Å²) in [4.78, 5) is 25.5. The van der Waals surface area contributed by atoms with Crippen LogP contribution in [0.1, 0.15) is 39.2 Å². The van der Waals surface area contributed by atoms with Gasteiger partial charge in [0.2, 0.25) is 5.91 Å². The van der Waals surface area contributed by atoms with E-state index in [0.717, 1.165) is 14.9 Å². The predicted octanol–water partition coefficient (Wildman–Crippen LogP) is 3.83. The zero-order valence-corrected chi connectivity index (χ0v) is 12.9. The summed E-state index contributed by atoms with van der Waals surface area (Å²) in [6.07, 6.45) is -0.620. The molecular weight excluding hydrogens is 310 g/mol. The second-order valence-electron chi connectivity index (χ2n) is 5.58. The third-order valence-electron chi connectivity index (χ3n) is 2.86. The molecule has 1 atom stereocenters. The zero-order valence-electron chi connectivity index (χ0n) is 11.4. The Kier molecular flexibility index (Phi) is 3.43. The summed E-state index contributed by atoms with van der Waals surface area (Å²) in [5.41, 5.74) is 0.818. The Labute approximate surface area is 120 Å². The Morgan fingerprint density at radius 3 is 2.58 bits per heavy atom. The number of hydrogen-bond acceptors (Lipinski definition) is 3. The van der Waals surface area contributed by atoms with Crippen LogP contribution >= 0.6 is 15.9 Å². The van der Waals surface area contributed by atoms with Gasteiger partial charge in [-0.15, -0.1) is 0 Å². The average Bonchev–Trinajstić information content (AvgIpc) is 2.50. The molecule has 1 aliphatic heterocycles. The molecule has 102 valence electrons. The Bertz CT molecular complexity index is 548. The highest BCUT2D eigenvalue weighted by Gasteiger charge is 2.40. The van der Waals surface area contributed by atoms with Crippen LogP contribution in [-0.4, -0.2) is 17.6 Å². The zero-order chi connectivity index (χ0) is 14.4. The lowest BCUT2D eigenvalue weighted by Crippen LogP contribution is -2.39. The summed E-state index contributed by atoms with van der Waals surface area (Å²) in [6, 6.07) is 5.43. The Morgan fingerprint density at radius 2 is 2.00 bits per heavy atom. The Morgan fingerprint density at radius 1 is 1.37 bits per heavy atom. The molecule has 0 saturated heterocycles. The maximum absolute atomic E-state index is 12.2. The van der Waals surface area contributed by atoms with Crippen molar-refractivity contribution in [2.75, 3.05) is 4.90 Å². The van der Waals surface area contributed by atoms with Crippen LogP contribution in [0.15, 0.2) is 22.7 Å². The van der Waals surface area contributed by atoms with Gasteiger partial charge in [-0.1, -0.05) is 15.9 Å². The van der Waals surface area contributed by atoms with Crippen molar-refractivity contribution in [1.82, 2.24) is 0 Å². The maximum atomic E-state index is 12.2. The van der Waals surface area contributed by atoms with Crippen molar-refractivity contribution in [2.45, 2.75) is 39.2 Å². The summed E-state index contributed by atoms with van der Waals surface area (Å²) in [5, 5.41) is 0. The van der Waals surface area contributed by atoms with E-state index in [1.165, 1.54) is 0 Å². The largest absolute Gasteiger partial charge is 0.443 e. The molecule has 1 aromatic carbocycles. The normalized spacial score (nSPS) is 18.5. The molecule has 4 nitrogen and oxygen atoms in total. The predicted molar refractivity (Wildman–Crippen MR) is 76.3 cm³/mol. The molecule has 0 aromatic heterocycles. The number of rotatable bonds is 0. The number of carbonyl (C=O) groups excluding carboxylic acids is 2. The van der Waals surface area contributed by atoms with E-state index in [4.69, 9.17) is 4.74 Å². The molecule has 0 saturated carbocycles. The van der Waals surface area contributed by atoms with E-state index in [-0.39, 0.29) is 11.8 Å². The van der Waals surface area contributed by atoms with Gasteiger partial charge in [-0.3, -0.25) is 4.79 Å². The van der Waals surface area contributed by atoms with Gasteiger partial charge in [-0.2, -0.15) is 0 Å². The molecule has 2 rings (SSSR count). The summed E-state index contributed by atoms with van der Waals surface area (Å²) in [6.45, 7) is 7.12. The van der Waals surface area contributed by atoms with Crippen LogP contribution in [0.3, 0.4) is 0 Å². The third kappa shape index (κ3) is 2.66. The molecule has 19 heavy (non-hydrogen) atoms. The first-order valence-corrected chi connectivity index (χ1v) is 6.86. The monoisotopic (exact) mass is 325 g/mol. The number of fused-ring (bicyclic) bond motifs is 1. The van der Waals surface area contributed by atoms with Crippen molar-refractivity contribution < 1.29 is 14.3 Å². The van der Waals surface area contributed by atoms with Crippen molar-refractivity contribution in [1.29, 1.82) is 0 Å². The number of carbonyl (C=O) groups is 2. The summed E-state index contributed by atoms with van der Waals surface area (Å²) in [7, 11) is 0. The van der Waals surface area contributed by atoms with E-state index in [0.29, 0.717) is 5.69 Å². The second kappa shape index (κ2) is 4.63. The van der Waals surface area contributed by atoms with E-state index >= 15 is 0 Å². The van der Waals surface area contributed by atoms with Crippen LogP contribution in [-0.2, 0) is 9.53 Å². The maximum Gasteiger partial charge on any atom is 0.421 e. The Balaban J connectivity index is 2.39. The first kappa shape index (κ1) is 14.1. The van der Waals surface area contributed by atoms with Gasteiger partial charge < -0.3 is 4.74 Å². The van der Waals surface area contributed by atoms with Crippen LogP contribution in [0.2, 0.25) is 0 Å². The van der Waals surface area contributed by atoms with Gasteiger partial charge >= 0.3 is 6.09 Å². The van der Waals surface area contributed by atoms with E-state index < -0.39 is 11.7 Å². The summed E-state index contributed by atoms with van der Waals surface area (Å²) >= 11 is 3.37. The Hall–Kier alpha value is -1.36. The number of benzene rings is 1. The number of ether oxygens (including phenoxy) is 1. The first-order chi connectivity index (χ1) is 8.70. The molecule has 0 N–H and O–H groups in total. The number of halogens is 1. The van der Waals surface area contributed by atoms with Gasteiger partial charge in [0, 0.05) is 4.47 Å². The fourth-order valence-corrected chi connectivity index (χ4v) is 2.40. The molecule has 0 bridgehead atoms. The molecule has 1 unspecified atom stereocenters. The lowest BCUT2D eigenvalue weighted by molar-refractivity contribution is -0.118. The van der Waals surface area contributed by atoms with Gasteiger partial charge in [0.05, 0.1) is 11.6 Å². The van der Waals surface area contributed by atoms with E-state index in [2.05, 4.69) is 15.9 Å². The van der Waals surface area contributed by atoms with E-state index in [9.17, 15) is 9.59 Å². The molecule has 2 amide bonds. The van der Waals surface area contributed by atoms with E-state index in [1.54, 1.807) is 33.8 Å².